The molecule has 0 bridgehead atoms. The molecule has 0 aliphatic heterocycles. The van der Waals surface area contributed by atoms with E-state index in [1.54, 1.807) is 0 Å². The summed E-state index contributed by atoms with van der Waals surface area (Å²) in [5.41, 5.74) is 2.52. The van der Waals surface area contributed by atoms with Gasteiger partial charge in [0.25, 0.3) is 0 Å². The number of halogens is 1. The van der Waals surface area contributed by atoms with Gasteiger partial charge in [0.1, 0.15) is 0 Å². The summed E-state index contributed by atoms with van der Waals surface area (Å²) in [6.45, 7) is 9.65. The normalized spacial score (nSPS) is 11.6. The lowest BCUT2D eigenvalue weighted by Gasteiger charge is -2.19. The summed E-state index contributed by atoms with van der Waals surface area (Å²) < 4.78 is 0. The smallest absolute Gasteiger partial charge is 0.0766 e. The van der Waals surface area contributed by atoms with Crippen LogP contribution in [0.2, 0.25) is 0 Å². The number of nitrogens with zero attached hydrogens (tertiary/aromatic N) is 2. The molecule has 3 heteroatoms. The highest BCUT2D eigenvalue weighted by molar-refractivity contribution is 9.08. The summed E-state index contributed by atoms with van der Waals surface area (Å²) in [7, 11) is 0. The van der Waals surface area contributed by atoms with Gasteiger partial charge in [-0.3, -0.25) is 0 Å². The molecule has 1 aromatic carbocycles. The first kappa shape index (κ1) is 17.7. The lowest BCUT2D eigenvalue weighted by atomic mass is 9.83. The molecule has 1 atom stereocenters. The Kier molecular flexibility index (Phi) is 7.42. The van der Waals surface area contributed by atoms with Gasteiger partial charge in [-0.2, -0.15) is 10.5 Å². The summed E-state index contributed by atoms with van der Waals surface area (Å²) in [4.78, 5) is 0. The Morgan fingerprint density at radius 1 is 1.21 bits per heavy atom. The zero-order chi connectivity index (χ0) is 15.1. The number of nitriles is 2. The molecule has 0 fully saturated rings. The zero-order valence-electron chi connectivity index (χ0n) is 12.3. The summed E-state index contributed by atoms with van der Waals surface area (Å²) in [6.07, 6.45) is 0. The minimum absolute atomic E-state index is 0.151. The van der Waals surface area contributed by atoms with Crippen molar-refractivity contribution in [1.82, 2.24) is 0 Å². The fourth-order valence-corrected chi connectivity index (χ4v) is 1.87. The van der Waals surface area contributed by atoms with Crippen LogP contribution in [-0.4, -0.2) is 0 Å². The summed E-state index contributed by atoms with van der Waals surface area (Å²) in [5.74, 6) is -0.151. The van der Waals surface area contributed by atoms with Crippen LogP contribution in [0.3, 0.4) is 0 Å². The van der Waals surface area contributed by atoms with E-state index in [0.717, 1.165) is 22.0 Å². The van der Waals surface area contributed by atoms with E-state index in [-0.39, 0.29) is 5.92 Å². The molecule has 0 aliphatic carbocycles. The maximum Gasteiger partial charge on any atom is 0.0766 e. The quantitative estimate of drug-likeness (QED) is 0.733. The lowest BCUT2D eigenvalue weighted by Crippen LogP contribution is -2.15. The van der Waals surface area contributed by atoms with Crippen LogP contribution in [0.4, 0.5) is 0 Å². The molecule has 1 rings (SSSR count). The van der Waals surface area contributed by atoms with E-state index in [2.05, 4.69) is 28.1 Å². The van der Waals surface area contributed by atoms with Crippen LogP contribution < -0.4 is 0 Å². The van der Waals surface area contributed by atoms with Gasteiger partial charge in [0.15, 0.2) is 0 Å². The van der Waals surface area contributed by atoms with Crippen molar-refractivity contribution in [1.29, 1.82) is 10.5 Å². The van der Waals surface area contributed by atoms with E-state index < -0.39 is 5.41 Å². The van der Waals surface area contributed by atoms with Gasteiger partial charge in [-0.15, -0.1) is 0 Å². The average molecular weight is 321 g/mol. The number of alkyl halides is 1. The number of rotatable bonds is 3. The maximum atomic E-state index is 9.17. The van der Waals surface area contributed by atoms with Gasteiger partial charge in [0.2, 0.25) is 0 Å². The van der Waals surface area contributed by atoms with Gasteiger partial charge in [0, 0.05) is 5.33 Å². The van der Waals surface area contributed by atoms with Gasteiger partial charge in [-0.25, -0.2) is 0 Å². The predicted molar refractivity (Wildman–Crippen MR) is 83.1 cm³/mol. The summed E-state index contributed by atoms with van der Waals surface area (Å²) in [5, 5.41) is 18.9. The SMILES string of the molecule is CC.CC(C#N)c1cc(CBr)cc(C(C)(C)C#N)c1. The first-order chi connectivity index (χ1) is 8.94. The van der Waals surface area contributed by atoms with Gasteiger partial charge >= 0.3 is 0 Å². The minimum Gasteiger partial charge on any atom is -0.198 e. The minimum atomic E-state index is -0.526. The second kappa shape index (κ2) is 7.97. The van der Waals surface area contributed by atoms with Crippen molar-refractivity contribution in [3.05, 3.63) is 34.9 Å². The highest BCUT2D eigenvalue weighted by atomic mass is 79.9. The van der Waals surface area contributed by atoms with Crippen molar-refractivity contribution in [2.24, 2.45) is 0 Å². The van der Waals surface area contributed by atoms with Crippen molar-refractivity contribution in [3.8, 4) is 12.1 Å². The van der Waals surface area contributed by atoms with E-state index in [1.807, 2.05) is 52.8 Å². The molecule has 1 aromatic rings. The van der Waals surface area contributed by atoms with Crippen molar-refractivity contribution >= 4 is 15.9 Å². The Balaban J connectivity index is 0.00000154. The molecule has 0 spiro atoms. The van der Waals surface area contributed by atoms with Crippen LogP contribution in [-0.2, 0) is 10.7 Å². The van der Waals surface area contributed by atoms with Crippen LogP contribution in [0.15, 0.2) is 18.2 Å². The number of benzene rings is 1. The average Bonchev–Trinajstić information content (AvgIpc) is 2.47. The molecule has 0 amide bonds. The molecule has 0 radical (unpaired) electrons. The van der Waals surface area contributed by atoms with Crippen LogP contribution in [0.5, 0.6) is 0 Å². The van der Waals surface area contributed by atoms with Gasteiger partial charge in [-0.05, 0) is 37.5 Å². The van der Waals surface area contributed by atoms with Crippen LogP contribution in [0.25, 0.3) is 0 Å². The molecule has 0 heterocycles. The Morgan fingerprint density at radius 2 is 1.79 bits per heavy atom. The van der Waals surface area contributed by atoms with Crippen LogP contribution >= 0.6 is 15.9 Å². The molecule has 0 saturated heterocycles. The summed E-state index contributed by atoms with van der Waals surface area (Å²) in [6, 6.07) is 10.5. The molecule has 0 N–H and O–H groups in total. The Bertz CT molecular complexity index is 492. The molecule has 102 valence electrons. The third-order valence-electron chi connectivity index (χ3n) is 2.86. The lowest BCUT2D eigenvalue weighted by molar-refractivity contribution is 0.683. The second-order valence-electron chi connectivity index (χ2n) is 4.68. The Morgan fingerprint density at radius 3 is 2.21 bits per heavy atom. The molecule has 0 saturated carbocycles. The fourth-order valence-electron chi connectivity index (χ4n) is 1.55. The standard InChI is InChI=1S/C14H15BrN2.C2H6/c1-10(8-16)12-4-11(7-15)5-13(6-12)14(2,3)9-17;1-2/h4-6,10H,7H2,1-3H3;1-2H3. The Hall–Kier alpha value is -1.32. The third kappa shape index (κ3) is 4.69. The molecule has 1 unspecified atom stereocenters. The first-order valence-corrected chi connectivity index (χ1v) is 7.58. The van der Waals surface area contributed by atoms with E-state index in [4.69, 9.17) is 5.26 Å². The van der Waals surface area contributed by atoms with Crippen molar-refractivity contribution < 1.29 is 0 Å². The molecular weight excluding hydrogens is 300 g/mol. The van der Waals surface area contributed by atoms with Crippen molar-refractivity contribution in [2.45, 2.75) is 51.3 Å². The highest BCUT2D eigenvalue weighted by Crippen LogP contribution is 2.28. The number of hydrogen-bond donors (Lipinski definition) is 0. The van der Waals surface area contributed by atoms with Gasteiger partial charge < -0.3 is 0 Å². The van der Waals surface area contributed by atoms with Crippen molar-refractivity contribution in [3.63, 3.8) is 0 Å². The molecule has 2 nitrogen and oxygen atoms in total. The van der Waals surface area contributed by atoms with Gasteiger partial charge in [-0.1, -0.05) is 48.0 Å². The zero-order valence-corrected chi connectivity index (χ0v) is 13.9. The predicted octanol–water partition coefficient (Wildman–Crippen LogP) is 5.04. The molecule has 0 aliphatic rings. The van der Waals surface area contributed by atoms with Crippen LogP contribution in [0.1, 0.15) is 57.2 Å². The van der Waals surface area contributed by atoms with E-state index in [1.165, 1.54) is 0 Å². The van der Waals surface area contributed by atoms with Crippen LogP contribution in [0, 0.1) is 22.7 Å². The van der Waals surface area contributed by atoms with Crippen molar-refractivity contribution in [2.75, 3.05) is 0 Å². The number of hydrogen-bond acceptors (Lipinski definition) is 2. The fraction of sp³-hybridized carbons (Fsp3) is 0.500. The van der Waals surface area contributed by atoms with Gasteiger partial charge in [0.05, 0.1) is 23.5 Å². The van der Waals surface area contributed by atoms with E-state index in [9.17, 15) is 5.26 Å². The summed E-state index contributed by atoms with van der Waals surface area (Å²) >= 11 is 3.42. The second-order valence-corrected chi connectivity index (χ2v) is 5.25. The molecular formula is C16H21BrN2. The highest BCUT2D eigenvalue weighted by Gasteiger charge is 2.21. The van der Waals surface area contributed by atoms with E-state index in [0.29, 0.717) is 0 Å². The first-order valence-electron chi connectivity index (χ1n) is 6.45. The monoisotopic (exact) mass is 320 g/mol. The molecule has 0 aromatic heterocycles. The molecule has 19 heavy (non-hydrogen) atoms. The third-order valence-corrected chi connectivity index (χ3v) is 3.51. The Labute approximate surface area is 125 Å². The largest absolute Gasteiger partial charge is 0.198 e. The topological polar surface area (TPSA) is 47.6 Å². The maximum absolute atomic E-state index is 9.17. The van der Waals surface area contributed by atoms with E-state index >= 15 is 0 Å².